The molecule has 0 spiro atoms. The van der Waals surface area contributed by atoms with Gasteiger partial charge in [0.15, 0.2) is 0 Å². The van der Waals surface area contributed by atoms with Crippen LogP contribution in [0.5, 0.6) is 0 Å². The minimum Gasteiger partial charge on any atom is -0.395 e. The zero-order valence-electron chi connectivity index (χ0n) is 12.1. The number of sulfonamides is 1. The second-order valence-electron chi connectivity index (χ2n) is 5.09. The Hall–Kier alpha value is -1.15. The third kappa shape index (κ3) is 3.78. The highest BCUT2D eigenvalue weighted by Gasteiger charge is 2.28. The van der Waals surface area contributed by atoms with Gasteiger partial charge in [0.2, 0.25) is 10.0 Å². The van der Waals surface area contributed by atoms with Gasteiger partial charge in [-0.25, -0.2) is 8.42 Å². The van der Waals surface area contributed by atoms with Gasteiger partial charge in [-0.05, 0) is 31.0 Å². The Labute approximate surface area is 135 Å². The first-order valence-corrected chi connectivity index (χ1v) is 8.97. The van der Waals surface area contributed by atoms with Crippen molar-refractivity contribution in [2.24, 2.45) is 0 Å². The Kier molecular flexibility index (Phi) is 5.80. The summed E-state index contributed by atoms with van der Waals surface area (Å²) in [5.41, 5.74) is 0.202. The van der Waals surface area contributed by atoms with E-state index in [1.807, 2.05) is 0 Å². The minimum absolute atomic E-state index is 0.0484. The van der Waals surface area contributed by atoms with Gasteiger partial charge in [-0.3, -0.25) is 4.79 Å². The van der Waals surface area contributed by atoms with E-state index in [-0.39, 0.29) is 28.6 Å². The Morgan fingerprint density at radius 2 is 1.95 bits per heavy atom. The van der Waals surface area contributed by atoms with Crippen LogP contribution >= 0.6 is 11.6 Å². The molecule has 1 aromatic carbocycles. The Morgan fingerprint density at radius 1 is 1.27 bits per heavy atom. The van der Waals surface area contributed by atoms with Crippen LogP contribution < -0.4 is 5.32 Å². The molecular weight excluding hydrogens is 328 g/mol. The summed E-state index contributed by atoms with van der Waals surface area (Å²) in [4.78, 5) is 11.8. The van der Waals surface area contributed by atoms with Gasteiger partial charge in [0, 0.05) is 25.2 Å². The number of aliphatic hydroxyl groups is 1. The van der Waals surface area contributed by atoms with E-state index in [9.17, 15) is 13.2 Å². The van der Waals surface area contributed by atoms with Crippen LogP contribution in [0.25, 0.3) is 0 Å². The minimum atomic E-state index is -3.70. The number of rotatable bonds is 5. The molecule has 1 amide bonds. The van der Waals surface area contributed by atoms with E-state index in [1.165, 1.54) is 22.5 Å². The van der Waals surface area contributed by atoms with Crippen LogP contribution in [0.1, 0.15) is 29.6 Å². The molecule has 0 unspecified atom stereocenters. The van der Waals surface area contributed by atoms with Crippen molar-refractivity contribution >= 4 is 27.5 Å². The maximum atomic E-state index is 12.7. The maximum absolute atomic E-state index is 12.7. The van der Waals surface area contributed by atoms with Gasteiger partial charge in [-0.15, -0.1) is 0 Å². The zero-order valence-corrected chi connectivity index (χ0v) is 13.7. The first-order chi connectivity index (χ1) is 10.5. The fourth-order valence-electron chi connectivity index (χ4n) is 2.36. The van der Waals surface area contributed by atoms with Gasteiger partial charge in [0.05, 0.1) is 11.6 Å². The lowest BCUT2D eigenvalue weighted by Crippen LogP contribution is -2.36. The van der Waals surface area contributed by atoms with Crippen LogP contribution in [-0.4, -0.2) is 50.0 Å². The van der Waals surface area contributed by atoms with E-state index in [0.29, 0.717) is 13.1 Å². The summed E-state index contributed by atoms with van der Waals surface area (Å²) in [7, 11) is -3.70. The topological polar surface area (TPSA) is 86.7 Å². The molecule has 1 fully saturated rings. The summed E-state index contributed by atoms with van der Waals surface area (Å²) in [6, 6.07) is 4.16. The van der Waals surface area contributed by atoms with Crippen molar-refractivity contribution in [2.45, 2.75) is 24.2 Å². The predicted molar refractivity (Wildman–Crippen MR) is 83.5 cm³/mol. The Bertz CT molecular complexity index is 642. The van der Waals surface area contributed by atoms with Crippen LogP contribution in [0.15, 0.2) is 23.1 Å². The van der Waals surface area contributed by atoms with Gasteiger partial charge < -0.3 is 10.4 Å². The number of hydrogen-bond acceptors (Lipinski definition) is 4. The van der Waals surface area contributed by atoms with Gasteiger partial charge in [0.1, 0.15) is 4.90 Å². The van der Waals surface area contributed by atoms with Crippen molar-refractivity contribution < 1.29 is 18.3 Å². The standard InChI is InChI=1S/C14H19ClN2O4S/c15-12-5-4-11(14(19)16-6-9-18)10-13(12)22(20,21)17-7-2-1-3-8-17/h4-5,10,18H,1-3,6-9H2,(H,16,19). The highest BCUT2D eigenvalue weighted by atomic mass is 35.5. The normalized spacial score (nSPS) is 16.5. The molecule has 0 aromatic heterocycles. The highest BCUT2D eigenvalue weighted by molar-refractivity contribution is 7.89. The van der Waals surface area contributed by atoms with Crippen LogP contribution in [0.3, 0.4) is 0 Å². The fraction of sp³-hybridized carbons (Fsp3) is 0.500. The van der Waals surface area contributed by atoms with E-state index in [0.717, 1.165) is 19.3 Å². The third-order valence-corrected chi connectivity index (χ3v) is 5.90. The number of carbonyl (C=O) groups is 1. The molecule has 1 saturated heterocycles. The summed E-state index contributed by atoms with van der Waals surface area (Å²) in [5.74, 6) is -0.444. The van der Waals surface area contributed by atoms with Crippen molar-refractivity contribution in [2.75, 3.05) is 26.2 Å². The molecule has 2 rings (SSSR count). The van der Waals surface area contributed by atoms with E-state index in [1.54, 1.807) is 0 Å². The number of hydrogen-bond donors (Lipinski definition) is 2. The third-order valence-electron chi connectivity index (χ3n) is 3.52. The predicted octanol–water partition coefficient (Wildman–Crippen LogP) is 1.24. The number of benzene rings is 1. The van der Waals surface area contributed by atoms with Crippen LogP contribution in [-0.2, 0) is 10.0 Å². The van der Waals surface area contributed by atoms with Gasteiger partial charge in [-0.2, -0.15) is 4.31 Å². The lowest BCUT2D eigenvalue weighted by molar-refractivity contribution is 0.0944. The van der Waals surface area contributed by atoms with E-state index in [2.05, 4.69) is 5.32 Å². The van der Waals surface area contributed by atoms with Crippen LogP contribution in [0, 0.1) is 0 Å². The van der Waals surface area contributed by atoms with Crippen molar-refractivity contribution in [3.63, 3.8) is 0 Å². The number of aliphatic hydroxyl groups excluding tert-OH is 1. The molecule has 8 heteroatoms. The molecule has 1 aliphatic heterocycles. The quantitative estimate of drug-likeness (QED) is 0.839. The summed E-state index contributed by atoms with van der Waals surface area (Å²) in [6.45, 7) is 0.868. The number of carbonyl (C=O) groups excluding carboxylic acids is 1. The van der Waals surface area contributed by atoms with Gasteiger partial charge in [-0.1, -0.05) is 18.0 Å². The number of halogens is 1. The van der Waals surface area contributed by atoms with Crippen LogP contribution in [0.2, 0.25) is 5.02 Å². The highest BCUT2D eigenvalue weighted by Crippen LogP contribution is 2.27. The van der Waals surface area contributed by atoms with E-state index in [4.69, 9.17) is 16.7 Å². The van der Waals surface area contributed by atoms with E-state index < -0.39 is 15.9 Å². The number of piperidine rings is 1. The Balaban J connectivity index is 2.31. The zero-order chi connectivity index (χ0) is 16.2. The van der Waals surface area contributed by atoms with Gasteiger partial charge >= 0.3 is 0 Å². The lowest BCUT2D eigenvalue weighted by atomic mass is 10.2. The fourth-order valence-corrected chi connectivity index (χ4v) is 4.38. The van der Waals surface area contributed by atoms with Crippen molar-refractivity contribution in [1.29, 1.82) is 0 Å². The molecule has 1 aliphatic rings. The molecular formula is C14H19ClN2O4S. The summed E-state index contributed by atoms with van der Waals surface area (Å²) < 4.78 is 26.7. The number of nitrogens with zero attached hydrogens (tertiary/aromatic N) is 1. The largest absolute Gasteiger partial charge is 0.395 e. The summed E-state index contributed by atoms with van der Waals surface area (Å²) in [6.07, 6.45) is 2.67. The molecule has 22 heavy (non-hydrogen) atoms. The first kappa shape index (κ1) is 17.2. The molecule has 0 atom stereocenters. The van der Waals surface area contributed by atoms with Gasteiger partial charge in [0.25, 0.3) is 5.91 Å². The molecule has 1 heterocycles. The maximum Gasteiger partial charge on any atom is 0.251 e. The summed E-state index contributed by atoms with van der Waals surface area (Å²) in [5, 5.41) is 11.3. The van der Waals surface area contributed by atoms with Crippen molar-refractivity contribution in [3.05, 3.63) is 28.8 Å². The first-order valence-electron chi connectivity index (χ1n) is 7.15. The number of amides is 1. The smallest absolute Gasteiger partial charge is 0.251 e. The van der Waals surface area contributed by atoms with Crippen LogP contribution in [0.4, 0.5) is 0 Å². The Morgan fingerprint density at radius 3 is 2.59 bits per heavy atom. The molecule has 0 bridgehead atoms. The summed E-state index contributed by atoms with van der Waals surface area (Å²) >= 11 is 6.03. The second-order valence-corrected chi connectivity index (χ2v) is 7.40. The molecule has 2 N–H and O–H groups in total. The average molecular weight is 347 g/mol. The van der Waals surface area contributed by atoms with E-state index >= 15 is 0 Å². The van der Waals surface area contributed by atoms with Crippen molar-refractivity contribution in [1.82, 2.24) is 9.62 Å². The molecule has 0 radical (unpaired) electrons. The second kappa shape index (κ2) is 7.41. The average Bonchev–Trinajstić information content (AvgIpc) is 2.53. The van der Waals surface area contributed by atoms with Crippen molar-refractivity contribution in [3.8, 4) is 0 Å². The number of nitrogens with one attached hydrogen (secondary N) is 1. The lowest BCUT2D eigenvalue weighted by Gasteiger charge is -2.26. The molecule has 6 nitrogen and oxygen atoms in total. The monoisotopic (exact) mass is 346 g/mol. The molecule has 0 saturated carbocycles. The molecule has 122 valence electrons. The SMILES string of the molecule is O=C(NCCO)c1ccc(Cl)c(S(=O)(=O)N2CCCCC2)c1. The molecule has 1 aromatic rings. The molecule has 0 aliphatic carbocycles.